The van der Waals surface area contributed by atoms with Gasteiger partial charge >= 0.3 is 6.18 Å². The predicted octanol–water partition coefficient (Wildman–Crippen LogP) is 3.65. The highest BCUT2D eigenvalue weighted by atomic mass is 19.4. The van der Waals surface area contributed by atoms with Crippen molar-refractivity contribution < 1.29 is 18.0 Å². The number of aromatic nitrogens is 3. The van der Waals surface area contributed by atoms with E-state index in [9.17, 15) is 18.0 Å². The van der Waals surface area contributed by atoms with Crippen LogP contribution in [0.2, 0.25) is 0 Å². The van der Waals surface area contributed by atoms with Crippen LogP contribution in [-0.4, -0.2) is 64.7 Å². The molecule has 2 aromatic heterocycles. The van der Waals surface area contributed by atoms with Crippen LogP contribution in [0.25, 0.3) is 22.2 Å². The van der Waals surface area contributed by atoms with Gasteiger partial charge in [0, 0.05) is 53.9 Å². The highest BCUT2D eigenvalue weighted by molar-refractivity contribution is 5.95. The zero-order valence-electron chi connectivity index (χ0n) is 19.5. The van der Waals surface area contributed by atoms with Crippen molar-refractivity contribution >= 4 is 22.8 Å². The average molecular weight is 485 g/mol. The molecule has 1 saturated heterocycles. The minimum atomic E-state index is -4.52. The van der Waals surface area contributed by atoms with E-state index in [2.05, 4.69) is 15.2 Å². The molecule has 1 aromatic carbocycles. The van der Waals surface area contributed by atoms with Crippen molar-refractivity contribution in [3.8, 4) is 11.3 Å². The van der Waals surface area contributed by atoms with Crippen LogP contribution in [0.3, 0.4) is 0 Å². The number of amides is 1. The standard InChI is InChI=1S/C25H27F3N6O/c1-29-15-6-10-34(13-15)23-31-20-14-33(22(35)24(8-9-24)25(26,27)28)11-7-17(20)21(32-23)18-12-30-19-5-3-2-4-16(18)19/h2-5,12,15,29-30H,6-11,13-14H2,1H3/t15-/m1/s1. The fraction of sp³-hybridized carbons (Fsp3) is 0.480. The minimum Gasteiger partial charge on any atom is -0.360 e. The number of halogens is 3. The molecule has 3 aliphatic rings. The Morgan fingerprint density at radius 2 is 2.00 bits per heavy atom. The topological polar surface area (TPSA) is 77.2 Å². The number of aromatic amines is 1. The van der Waals surface area contributed by atoms with Gasteiger partial charge in [-0.1, -0.05) is 18.2 Å². The molecule has 4 heterocycles. The molecule has 0 radical (unpaired) electrons. The van der Waals surface area contributed by atoms with Crippen LogP contribution in [0, 0.1) is 5.41 Å². The van der Waals surface area contributed by atoms with Crippen molar-refractivity contribution in [2.75, 3.05) is 31.6 Å². The van der Waals surface area contributed by atoms with Crippen LogP contribution in [0.4, 0.5) is 19.1 Å². The molecule has 1 saturated carbocycles. The van der Waals surface area contributed by atoms with E-state index < -0.39 is 17.5 Å². The van der Waals surface area contributed by atoms with Crippen LogP contribution in [-0.2, 0) is 17.8 Å². The first-order valence-electron chi connectivity index (χ1n) is 12.1. The third kappa shape index (κ3) is 3.57. The minimum absolute atomic E-state index is 0.0696. The summed E-state index contributed by atoms with van der Waals surface area (Å²) in [5, 5.41) is 4.32. The monoisotopic (exact) mass is 484 g/mol. The third-order valence-electron chi connectivity index (χ3n) is 7.77. The Bertz CT molecular complexity index is 1300. The summed E-state index contributed by atoms with van der Waals surface area (Å²) in [4.78, 5) is 29.5. The smallest absolute Gasteiger partial charge is 0.360 e. The summed E-state index contributed by atoms with van der Waals surface area (Å²) in [6, 6.07) is 8.28. The summed E-state index contributed by atoms with van der Waals surface area (Å²) >= 11 is 0. The number of H-pyrrole nitrogens is 1. The van der Waals surface area contributed by atoms with E-state index in [0.717, 1.165) is 47.2 Å². The molecule has 3 aromatic rings. The molecule has 2 aliphatic heterocycles. The van der Waals surface area contributed by atoms with Crippen LogP contribution in [0.1, 0.15) is 30.5 Å². The van der Waals surface area contributed by atoms with Gasteiger partial charge in [0.1, 0.15) is 5.41 Å². The lowest BCUT2D eigenvalue weighted by Gasteiger charge is -2.33. The lowest BCUT2D eigenvalue weighted by molar-refractivity contribution is -0.199. The number of nitrogens with one attached hydrogen (secondary N) is 2. The molecule has 7 nitrogen and oxygen atoms in total. The fourth-order valence-corrected chi connectivity index (χ4v) is 5.45. The maximum Gasteiger partial charge on any atom is 0.403 e. The number of alkyl halides is 3. The molecule has 35 heavy (non-hydrogen) atoms. The van der Waals surface area contributed by atoms with E-state index in [4.69, 9.17) is 9.97 Å². The van der Waals surface area contributed by atoms with E-state index in [1.807, 2.05) is 37.5 Å². The predicted molar refractivity (Wildman–Crippen MR) is 126 cm³/mol. The lowest BCUT2D eigenvalue weighted by atomic mass is 9.96. The number of fused-ring (bicyclic) bond motifs is 2. The number of anilines is 1. The van der Waals surface area contributed by atoms with Gasteiger partial charge in [0.25, 0.3) is 0 Å². The van der Waals surface area contributed by atoms with Crippen LogP contribution >= 0.6 is 0 Å². The Morgan fingerprint density at radius 1 is 1.20 bits per heavy atom. The zero-order chi connectivity index (χ0) is 24.4. The van der Waals surface area contributed by atoms with Gasteiger partial charge in [0.2, 0.25) is 11.9 Å². The Labute approximate surface area is 200 Å². The highest BCUT2D eigenvalue weighted by Crippen LogP contribution is 2.59. The molecular weight excluding hydrogens is 457 g/mol. The van der Waals surface area contributed by atoms with Gasteiger partial charge in [-0.25, -0.2) is 9.97 Å². The molecule has 2 fully saturated rings. The number of carbonyl (C=O) groups is 1. The van der Waals surface area contributed by atoms with Crippen molar-refractivity contribution in [1.82, 2.24) is 25.2 Å². The van der Waals surface area contributed by atoms with Gasteiger partial charge in [-0.15, -0.1) is 0 Å². The molecule has 1 aliphatic carbocycles. The number of carbonyl (C=O) groups excluding carboxylic acids is 1. The van der Waals surface area contributed by atoms with E-state index in [0.29, 0.717) is 24.1 Å². The van der Waals surface area contributed by atoms with Crippen molar-refractivity contribution in [1.29, 1.82) is 0 Å². The molecular formula is C25H27F3N6O. The molecule has 0 unspecified atom stereocenters. The third-order valence-corrected chi connectivity index (χ3v) is 7.77. The molecule has 10 heteroatoms. The van der Waals surface area contributed by atoms with E-state index in [1.165, 1.54) is 4.90 Å². The SMILES string of the molecule is CN[C@@H]1CCN(c2nc3c(c(-c4c[nH]c5ccccc45)n2)CCN(C(=O)C2(C(F)(F)F)CC2)C3)C1. The van der Waals surface area contributed by atoms with Gasteiger partial charge in [0.15, 0.2) is 0 Å². The first kappa shape index (κ1) is 22.3. The highest BCUT2D eigenvalue weighted by Gasteiger charge is 2.69. The number of rotatable bonds is 4. The van der Waals surface area contributed by atoms with Crippen LogP contribution < -0.4 is 10.2 Å². The molecule has 1 atom stereocenters. The summed E-state index contributed by atoms with van der Waals surface area (Å²) in [6.07, 6.45) is -1.48. The summed E-state index contributed by atoms with van der Waals surface area (Å²) < 4.78 is 40.9. The van der Waals surface area contributed by atoms with E-state index in [1.54, 1.807) is 0 Å². The first-order chi connectivity index (χ1) is 16.8. The summed E-state index contributed by atoms with van der Waals surface area (Å²) in [5.41, 5.74) is 2.05. The second-order valence-electron chi connectivity index (χ2n) is 9.82. The molecule has 0 bridgehead atoms. The largest absolute Gasteiger partial charge is 0.403 e. The molecule has 6 rings (SSSR count). The Kier molecular flexibility index (Phi) is 5.07. The average Bonchev–Trinajstić information content (AvgIpc) is 3.36. The number of hydrogen-bond acceptors (Lipinski definition) is 5. The van der Waals surface area contributed by atoms with Gasteiger partial charge < -0.3 is 20.1 Å². The van der Waals surface area contributed by atoms with Crippen molar-refractivity contribution in [2.24, 2.45) is 5.41 Å². The Balaban J connectivity index is 1.41. The number of likely N-dealkylation sites (N-methyl/N-ethyl adjacent to an activating group) is 1. The van der Waals surface area contributed by atoms with Gasteiger partial charge in [0.05, 0.1) is 17.9 Å². The normalized spacial score (nSPS) is 21.4. The van der Waals surface area contributed by atoms with Crippen molar-refractivity contribution in [3.05, 3.63) is 41.7 Å². The zero-order valence-corrected chi connectivity index (χ0v) is 19.5. The van der Waals surface area contributed by atoms with Gasteiger partial charge in [-0.05, 0) is 38.8 Å². The van der Waals surface area contributed by atoms with Gasteiger partial charge in [-0.2, -0.15) is 13.2 Å². The molecule has 0 spiro atoms. The summed E-state index contributed by atoms with van der Waals surface area (Å²) in [6.45, 7) is 1.84. The summed E-state index contributed by atoms with van der Waals surface area (Å²) in [7, 11) is 1.93. The molecule has 2 N–H and O–H groups in total. The lowest BCUT2D eigenvalue weighted by Crippen LogP contribution is -2.46. The second kappa shape index (κ2) is 7.94. The van der Waals surface area contributed by atoms with E-state index in [-0.39, 0.29) is 25.9 Å². The van der Waals surface area contributed by atoms with Crippen LogP contribution in [0.5, 0.6) is 0 Å². The number of benzene rings is 1. The molecule has 1 amide bonds. The van der Waals surface area contributed by atoms with Crippen LogP contribution in [0.15, 0.2) is 30.5 Å². The first-order valence-corrected chi connectivity index (χ1v) is 12.1. The second-order valence-corrected chi connectivity index (χ2v) is 9.82. The van der Waals surface area contributed by atoms with E-state index >= 15 is 0 Å². The Hall–Kier alpha value is -3.14. The quantitative estimate of drug-likeness (QED) is 0.591. The van der Waals surface area contributed by atoms with Crippen molar-refractivity contribution in [2.45, 2.75) is 44.4 Å². The number of para-hydroxylation sites is 1. The molecule has 184 valence electrons. The van der Waals surface area contributed by atoms with Gasteiger partial charge in [-0.3, -0.25) is 4.79 Å². The number of hydrogen-bond donors (Lipinski definition) is 2. The van der Waals surface area contributed by atoms with Crippen molar-refractivity contribution in [3.63, 3.8) is 0 Å². The Morgan fingerprint density at radius 3 is 2.71 bits per heavy atom. The fourth-order valence-electron chi connectivity index (χ4n) is 5.45. The maximum absolute atomic E-state index is 13.6. The number of nitrogens with zero attached hydrogens (tertiary/aromatic N) is 4. The maximum atomic E-state index is 13.6. The summed E-state index contributed by atoms with van der Waals surface area (Å²) in [5.74, 6) is -0.256.